The number of rotatable bonds is 4. The molecule has 1 fully saturated rings. The van der Waals surface area contributed by atoms with Crippen molar-refractivity contribution in [2.24, 2.45) is 0 Å². The second-order valence-corrected chi connectivity index (χ2v) is 25.4. The van der Waals surface area contributed by atoms with E-state index < -0.39 is 0 Å². The molecule has 0 saturated heterocycles. The van der Waals surface area contributed by atoms with E-state index in [-0.39, 0.29) is 39.3 Å². The van der Waals surface area contributed by atoms with E-state index in [1.54, 1.807) is 0 Å². The monoisotopic (exact) mass is 916 g/mol. The minimum atomic E-state index is -0.138. The van der Waals surface area contributed by atoms with Crippen LogP contribution in [0.15, 0.2) is 146 Å². The van der Waals surface area contributed by atoms with Crippen LogP contribution in [0.5, 0.6) is 0 Å². The second kappa shape index (κ2) is 14.8. The van der Waals surface area contributed by atoms with Crippen LogP contribution in [-0.2, 0) is 27.1 Å². The first-order chi connectivity index (χ1) is 33.4. The first-order valence-corrected chi connectivity index (χ1v) is 26.7. The Balaban J connectivity index is 1.15. The molecule has 6 aliphatic rings. The molecule has 2 unspecified atom stereocenters. The van der Waals surface area contributed by atoms with E-state index in [9.17, 15) is 0 Å². The van der Waals surface area contributed by atoms with E-state index in [1.165, 1.54) is 146 Å². The highest BCUT2D eigenvalue weighted by Gasteiger charge is 2.58. The Kier molecular flexibility index (Phi) is 9.29. The van der Waals surface area contributed by atoms with Gasteiger partial charge in [-0.2, -0.15) is 0 Å². The fourth-order valence-corrected chi connectivity index (χ4v) is 14.9. The first kappa shape index (κ1) is 44.0. The van der Waals surface area contributed by atoms with Crippen molar-refractivity contribution in [3.05, 3.63) is 173 Å². The minimum absolute atomic E-state index is 0.0344. The molecule has 1 saturated carbocycles. The van der Waals surface area contributed by atoms with Crippen LogP contribution >= 0.6 is 0 Å². The van der Waals surface area contributed by atoms with Crippen LogP contribution in [0.4, 0.5) is 45.5 Å². The summed E-state index contributed by atoms with van der Waals surface area (Å²) >= 11 is 0. The average Bonchev–Trinajstić information content (AvgIpc) is 3.56. The summed E-state index contributed by atoms with van der Waals surface area (Å²) in [4.78, 5) is 8.19. The zero-order valence-corrected chi connectivity index (χ0v) is 43.4. The smallest absolute Gasteiger partial charge is 0.252 e. The fourth-order valence-electron chi connectivity index (χ4n) is 14.9. The number of anilines is 8. The third-order valence-electron chi connectivity index (χ3n) is 19.5. The highest BCUT2D eigenvalue weighted by Crippen LogP contribution is 2.63. The van der Waals surface area contributed by atoms with Gasteiger partial charge in [0, 0.05) is 50.9 Å². The molecule has 4 heteroatoms. The quantitative estimate of drug-likeness (QED) is 0.163. The molecule has 3 heterocycles. The van der Waals surface area contributed by atoms with Crippen LogP contribution in [0.3, 0.4) is 0 Å². The SMILES string of the molecule is CC1(C)CCC(C)(C)c2cc(N3c4cc5c(cc4B4c6ccccc6N(c6ccccc6)c6cc(N7c8ccc(-c9ccccc9)cc8C8(C)CCCCC78C)cc3c64)C(C)(C)CCC5(C)C)ccc21. The van der Waals surface area contributed by atoms with Gasteiger partial charge in [-0.25, -0.2) is 0 Å². The molecule has 0 bridgehead atoms. The van der Waals surface area contributed by atoms with E-state index in [2.05, 4.69) is 230 Å². The van der Waals surface area contributed by atoms with Gasteiger partial charge in [-0.05, 0) is 183 Å². The van der Waals surface area contributed by atoms with Crippen LogP contribution in [0, 0.1) is 0 Å². The molecular weight excluding hydrogens is 846 g/mol. The zero-order chi connectivity index (χ0) is 48.3. The van der Waals surface area contributed by atoms with Crippen molar-refractivity contribution >= 4 is 68.6 Å². The van der Waals surface area contributed by atoms with Gasteiger partial charge in [0.25, 0.3) is 6.71 Å². The summed E-state index contributed by atoms with van der Waals surface area (Å²) in [6.07, 6.45) is 9.52. The van der Waals surface area contributed by atoms with E-state index in [0.717, 1.165) is 6.42 Å². The largest absolute Gasteiger partial charge is 0.334 e. The van der Waals surface area contributed by atoms with E-state index in [1.807, 2.05) is 0 Å². The Bertz CT molecular complexity index is 3290. The summed E-state index contributed by atoms with van der Waals surface area (Å²) in [6, 6.07) is 57.3. The molecule has 13 rings (SSSR count). The third-order valence-corrected chi connectivity index (χ3v) is 19.5. The van der Waals surface area contributed by atoms with Crippen LogP contribution in [0.1, 0.15) is 148 Å². The molecule has 7 aromatic rings. The molecular formula is C66H70BN3. The standard InChI is InChI=1S/C66H70BN3/c1-61(2)33-34-62(3,4)49-38-46(28-29-48(49)61)69-57-42-51-50(63(5,6)35-36-64(51,7)8)41-54(57)67-53-25-17-18-26-56(53)68(45-23-15-12-16-24-45)58-39-47(40-59(69)60(58)67)70-55-30-27-44(43-21-13-11-14-22-43)37-52(55)65(9)31-19-20-32-66(65,70)10/h11-18,21-30,37-42H,19-20,31-36H2,1-10H3. The van der Waals surface area contributed by atoms with E-state index in [4.69, 9.17) is 0 Å². The lowest BCUT2D eigenvalue weighted by molar-refractivity contribution is 0.195. The molecule has 352 valence electrons. The van der Waals surface area contributed by atoms with Gasteiger partial charge in [0.05, 0.1) is 5.54 Å². The van der Waals surface area contributed by atoms with Crippen molar-refractivity contribution < 1.29 is 0 Å². The van der Waals surface area contributed by atoms with Crippen molar-refractivity contribution in [1.82, 2.24) is 0 Å². The molecule has 3 nitrogen and oxygen atoms in total. The van der Waals surface area contributed by atoms with Gasteiger partial charge < -0.3 is 14.7 Å². The third kappa shape index (κ3) is 6.07. The number of fused-ring (bicyclic) bond motifs is 9. The Morgan fingerprint density at radius 3 is 1.61 bits per heavy atom. The highest BCUT2D eigenvalue weighted by atomic mass is 15.3. The Hall–Kier alpha value is -6.00. The topological polar surface area (TPSA) is 9.72 Å². The molecule has 70 heavy (non-hydrogen) atoms. The summed E-state index contributed by atoms with van der Waals surface area (Å²) < 4.78 is 0. The van der Waals surface area contributed by atoms with Crippen LogP contribution in [0.25, 0.3) is 11.1 Å². The number of benzene rings is 7. The average molecular weight is 916 g/mol. The van der Waals surface area contributed by atoms with Gasteiger partial charge in [-0.3, -0.25) is 0 Å². The molecule has 3 aliphatic heterocycles. The molecule has 0 spiro atoms. The zero-order valence-electron chi connectivity index (χ0n) is 43.4. The summed E-state index contributed by atoms with van der Waals surface area (Å²) in [5, 5.41) is 0. The number of hydrogen-bond acceptors (Lipinski definition) is 3. The van der Waals surface area contributed by atoms with Gasteiger partial charge in [-0.15, -0.1) is 0 Å². The van der Waals surface area contributed by atoms with Crippen molar-refractivity contribution in [2.75, 3.05) is 14.7 Å². The van der Waals surface area contributed by atoms with Gasteiger partial charge >= 0.3 is 0 Å². The molecule has 2 atom stereocenters. The lowest BCUT2D eigenvalue weighted by Gasteiger charge is -2.51. The molecule has 3 aliphatic carbocycles. The molecule has 0 aromatic heterocycles. The number of para-hydroxylation sites is 2. The van der Waals surface area contributed by atoms with Gasteiger partial charge in [0.15, 0.2) is 0 Å². The summed E-state index contributed by atoms with van der Waals surface area (Å²) in [5.74, 6) is 0. The maximum Gasteiger partial charge on any atom is 0.252 e. The van der Waals surface area contributed by atoms with E-state index in [0.29, 0.717) is 0 Å². The Morgan fingerprint density at radius 2 is 0.929 bits per heavy atom. The normalized spacial score (nSPS) is 23.6. The van der Waals surface area contributed by atoms with Crippen molar-refractivity contribution in [3.8, 4) is 11.1 Å². The molecule has 7 aromatic carbocycles. The Morgan fingerprint density at radius 1 is 0.357 bits per heavy atom. The molecule has 0 amide bonds. The highest BCUT2D eigenvalue weighted by molar-refractivity contribution is 7.00. The summed E-state index contributed by atoms with van der Waals surface area (Å²) in [7, 11) is 0. The second-order valence-electron chi connectivity index (χ2n) is 25.4. The predicted octanol–water partition coefficient (Wildman–Crippen LogP) is 15.9. The Labute approximate surface area is 419 Å². The van der Waals surface area contributed by atoms with Gasteiger partial charge in [0.1, 0.15) is 0 Å². The molecule has 0 N–H and O–H groups in total. The number of hydrogen-bond donors (Lipinski definition) is 0. The predicted molar refractivity (Wildman–Crippen MR) is 299 cm³/mol. The van der Waals surface area contributed by atoms with Crippen molar-refractivity contribution in [3.63, 3.8) is 0 Å². The minimum Gasteiger partial charge on any atom is -0.334 e. The van der Waals surface area contributed by atoms with Gasteiger partial charge in [-0.1, -0.05) is 160 Å². The van der Waals surface area contributed by atoms with E-state index >= 15 is 0 Å². The lowest BCUT2D eigenvalue weighted by atomic mass is 9.33. The molecule has 0 radical (unpaired) electrons. The fraction of sp³-hybridized carbons (Fsp3) is 0.364. The van der Waals surface area contributed by atoms with Crippen LogP contribution in [-0.4, -0.2) is 12.3 Å². The van der Waals surface area contributed by atoms with Crippen molar-refractivity contribution in [2.45, 2.75) is 153 Å². The van der Waals surface area contributed by atoms with Crippen molar-refractivity contribution in [1.29, 1.82) is 0 Å². The summed E-state index contributed by atoms with van der Waals surface area (Å²) in [6.45, 7) is 25.1. The van der Waals surface area contributed by atoms with Crippen LogP contribution in [0.2, 0.25) is 0 Å². The van der Waals surface area contributed by atoms with Crippen LogP contribution < -0.4 is 31.1 Å². The van der Waals surface area contributed by atoms with Gasteiger partial charge in [0.2, 0.25) is 0 Å². The summed E-state index contributed by atoms with van der Waals surface area (Å²) in [5.41, 5.74) is 24.7. The lowest BCUT2D eigenvalue weighted by Crippen LogP contribution is -2.62. The first-order valence-electron chi connectivity index (χ1n) is 26.7. The maximum atomic E-state index is 2.83. The number of nitrogens with zero attached hydrogens (tertiary/aromatic N) is 3. The maximum absolute atomic E-state index is 2.83.